The number of ether oxygens (including phenoxy) is 2. The Bertz CT molecular complexity index is 794. The molecule has 3 rings (SSSR count). The van der Waals surface area contributed by atoms with Gasteiger partial charge in [0.05, 0.1) is 12.7 Å². The summed E-state index contributed by atoms with van der Waals surface area (Å²) in [6.07, 6.45) is 0. The summed E-state index contributed by atoms with van der Waals surface area (Å²) >= 11 is 5.91. The summed E-state index contributed by atoms with van der Waals surface area (Å²) in [5, 5.41) is 0.664. The molecule has 0 spiro atoms. The van der Waals surface area contributed by atoms with Gasteiger partial charge >= 0.3 is 6.61 Å². The highest BCUT2D eigenvalue weighted by Crippen LogP contribution is 2.33. The molecule has 0 aromatic heterocycles. The number of carbonyl (C=O) groups is 1. The van der Waals surface area contributed by atoms with Crippen LogP contribution in [0, 0.1) is 0 Å². The van der Waals surface area contributed by atoms with Crippen LogP contribution >= 0.6 is 11.6 Å². The van der Waals surface area contributed by atoms with Crippen molar-refractivity contribution in [2.24, 2.45) is 0 Å². The first kappa shape index (κ1) is 19.2. The molecule has 0 bridgehead atoms. The van der Waals surface area contributed by atoms with Crippen molar-refractivity contribution in [3.05, 3.63) is 53.1 Å². The Morgan fingerprint density at radius 3 is 2.33 bits per heavy atom. The Hall–Kier alpha value is -2.54. The van der Waals surface area contributed by atoms with Crippen LogP contribution in [-0.4, -0.2) is 50.7 Å². The first-order valence-corrected chi connectivity index (χ1v) is 8.79. The van der Waals surface area contributed by atoms with Crippen molar-refractivity contribution in [1.29, 1.82) is 0 Å². The SMILES string of the molecule is COc1cccc(C(=O)N2CCN(c3ccc(Cl)cc3)CC2)c1OC(F)F. The van der Waals surface area contributed by atoms with Crippen LogP contribution < -0.4 is 14.4 Å². The topological polar surface area (TPSA) is 42.0 Å². The van der Waals surface area contributed by atoms with Gasteiger partial charge < -0.3 is 19.3 Å². The quantitative estimate of drug-likeness (QED) is 0.768. The fourth-order valence-corrected chi connectivity index (χ4v) is 3.17. The minimum atomic E-state index is -3.05. The van der Waals surface area contributed by atoms with Crippen molar-refractivity contribution in [3.8, 4) is 11.5 Å². The molecule has 0 atom stereocenters. The molecule has 1 fully saturated rings. The Labute approximate surface area is 161 Å². The molecule has 1 saturated heterocycles. The van der Waals surface area contributed by atoms with Gasteiger partial charge in [0.15, 0.2) is 11.5 Å². The molecule has 5 nitrogen and oxygen atoms in total. The zero-order valence-corrected chi connectivity index (χ0v) is 15.5. The van der Waals surface area contributed by atoms with Gasteiger partial charge in [-0.05, 0) is 36.4 Å². The van der Waals surface area contributed by atoms with Gasteiger partial charge in [-0.15, -0.1) is 0 Å². The number of halogens is 3. The molecule has 0 radical (unpaired) electrons. The maximum Gasteiger partial charge on any atom is 0.387 e. The largest absolute Gasteiger partial charge is 0.493 e. The van der Waals surface area contributed by atoms with E-state index in [0.717, 1.165) is 5.69 Å². The molecule has 0 unspecified atom stereocenters. The zero-order valence-electron chi connectivity index (χ0n) is 14.7. The van der Waals surface area contributed by atoms with Crippen molar-refractivity contribution < 1.29 is 23.0 Å². The molecule has 1 amide bonds. The van der Waals surface area contributed by atoms with Gasteiger partial charge in [-0.2, -0.15) is 8.78 Å². The van der Waals surface area contributed by atoms with Crippen LogP contribution in [0.25, 0.3) is 0 Å². The summed E-state index contributed by atoms with van der Waals surface area (Å²) < 4.78 is 35.2. The lowest BCUT2D eigenvalue weighted by Gasteiger charge is -2.36. The normalized spacial score (nSPS) is 14.4. The highest BCUT2D eigenvalue weighted by molar-refractivity contribution is 6.30. The third-order valence-electron chi connectivity index (χ3n) is 4.39. The number of anilines is 1. The van der Waals surface area contributed by atoms with Gasteiger partial charge in [-0.1, -0.05) is 17.7 Å². The lowest BCUT2D eigenvalue weighted by Crippen LogP contribution is -2.48. The smallest absolute Gasteiger partial charge is 0.387 e. The maximum atomic E-state index is 12.9. The summed E-state index contributed by atoms with van der Waals surface area (Å²) in [5.74, 6) is -0.499. The number of para-hydroxylation sites is 1. The number of carbonyl (C=O) groups excluding carboxylic acids is 1. The molecule has 144 valence electrons. The number of rotatable bonds is 5. The molecular weight excluding hydrogens is 378 g/mol. The lowest BCUT2D eigenvalue weighted by atomic mass is 10.1. The van der Waals surface area contributed by atoms with E-state index in [2.05, 4.69) is 9.64 Å². The number of piperazine rings is 1. The summed E-state index contributed by atoms with van der Waals surface area (Å²) in [6.45, 7) is -0.862. The molecule has 27 heavy (non-hydrogen) atoms. The van der Waals surface area contributed by atoms with Gasteiger partial charge in [0.2, 0.25) is 0 Å². The summed E-state index contributed by atoms with van der Waals surface area (Å²) in [4.78, 5) is 16.6. The predicted octanol–water partition coefficient (Wildman–Crippen LogP) is 3.91. The van der Waals surface area contributed by atoms with Crippen molar-refractivity contribution in [2.75, 3.05) is 38.2 Å². The molecule has 2 aromatic rings. The number of methoxy groups -OCH3 is 1. The molecule has 8 heteroatoms. The second-order valence-corrected chi connectivity index (χ2v) is 6.41. The van der Waals surface area contributed by atoms with Gasteiger partial charge in [-0.25, -0.2) is 0 Å². The van der Waals surface area contributed by atoms with Crippen molar-refractivity contribution >= 4 is 23.2 Å². The van der Waals surface area contributed by atoms with Gasteiger partial charge in [0, 0.05) is 36.9 Å². The average Bonchev–Trinajstić information content (AvgIpc) is 2.68. The number of hydrogen-bond donors (Lipinski definition) is 0. The van der Waals surface area contributed by atoms with E-state index in [0.29, 0.717) is 31.2 Å². The van der Waals surface area contributed by atoms with E-state index < -0.39 is 6.61 Å². The monoisotopic (exact) mass is 396 g/mol. The van der Waals surface area contributed by atoms with E-state index in [1.54, 1.807) is 11.0 Å². The third-order valence-corrected chi connectivity index (χ3v) is 4.65. The molecule has 2 aromatic carbocycles. The summed E-state index contributed by atoms with van der Waals surface area (Å²) in [5.41, 5.74) is 1.09. The summed E-state index contributed by atoms with van der Waals surface area (Å²) in [6, 6.07) is 12.0. The van der Waals surface area contributed by atoms with E-state index in [4.69, 9.17) is 16.3 Å². The second kappa shape index (κ2) is 8.43. The van der Waals surface area contributed by atoms with Gasteiger partial charge in [0.1, 0.15) is 0 Å². The fourth-order valence-electron chi connectivity index (χ4n) is 3.05. The standard InChI is InChI=1S/C19H19ClF2N2O3/c1-26-16-4-2-3-15(17(16)27-19(21)22)18(25)24-11-9-23(10-12-24)14-7-5-13(20)6-8-14/h2-8,19H,9-12H2,1H3. The van der Waals surface area contributed by atoms with Crippen molar-refractivity contribution in [3.63, 3.8) is 0 Å². The highest BCUT2D eigenvalue weighted by Gasteiger charge is 2.27. The first-order valence-electron chi connectivity index (χ1n) is 8.41. The first-order chi connectivity index (χ1) is 13.0. The molecule has 0 N–H and O–H groups in total. The number of alkyl halides is 2. The molecular formula is C19H19ClF2N2O3. The van der Waals surface area contributed by atoms with E-state index in [1.807, 2.05) is 24.3 Å². The number of amides is 1. The maximum absolute atomic E-state index is 12.9. The van der Waals surface area contributed by atoms with E-state index >= 15 is 0 Å². The van der Waals surface area contributed by atoms with E-state index in [1.165, 1.54) is 19.2 Å². The highest BCUT2D eigenvalue weighted by atomic mass is 35.5. The Morgan fingerprint density at radius 1 is 1.07 bits per heavy atom. The minimum Gasteiger partial charge on any atom is -0.493 e. The Morgan fingerprint density at radius 2 is 1.74 bits per heavy atom. The molecule has 1 aliphatic heterocycles. The molecule has 1 heterocycles. The minimum absolute atomic E-state index is 0.0644. The second-order valence-electron chi connectivity index (χ2n) is 5.97. The van der Waals surface area contributed by atoms with Crippen LogP contribution in [0.5, 0.6) is 11.5 Å². The number of benzene rings is 2. The van der Waals surface area contributed by atoms with E-state index in [9.17, 15) is 13.6 Å². The lowest BCUT2D eigenvalue weighted by molar-refractivity contribution is -0.0516. The molecule has 1 aliphatic rings. The fraction of sp³-hybridized carbons (Fsp3) is 0.316. The van der Waals surface area contributed by atoms with Crippen LogP contribution in [0.2, 0.25) is 5.02 Å². The van der Waals surface area contributed by atoms with Crippen LogP contribution in [0.1, 0.15) is 10.4 Å². The Balaban J connectivity index is 1.73. The van der Waals surface area contributed by atoms with Crippen molar-refractivity contribution in [2.45, 2.75) is 6.61 Å². The molecule has 0 aliphatic carbocycles. The van der Waals surface area contributed by atoms with Crippen LogP contribution in [0.4, 0.5) is 14.5 Å². The van der Waals surface area contributed by atoms with E-state index in [-0.39, 0.29) is 23.0 Å². The average molecular weight is 397 g/mol. The molecule has 0 saturated carbocycles. The van der Waals surface area contributed by atoms with Crippen molar-refractivity contribution in [1.82, 2.24) is 4.90 Å². The predicted molar refractivity (Wildman–Crippen MR) is 99.2 cm³/mol. The zero-order chi connectivity index (χ0) is 19.4. The third kappa shape index (κ3) is 4.42. The summed E-state index contributed by atoms with van der Waals surface area (Å²) in [7, 11) is 1.34. The van der Waals surface area contributed by atoms with Crippen LogP contribution in [-0.2, 0) is 0 Å². The van der Waals surface area contributed by atoms with Gasteiger partial charge in [-0.3, -0.25) is 4.79 Å². The number of hydrogen-bond acceptors (Lipinski definition) is 4. The number of nitrogens with zero attached hydrogens (tertiary/aromatic N) is 2. The van der Waals surface area contributed by atoms with Crippen LogP contribution in [0.3, 0.4) is 0 Å². The van der Waals surface area contributed by atoms with Gasteiger partial charge in [0.25, 0.3) is 5.91 Å². The Kier molecular flexibility index (Phi) is 6.01. The van der Waals surface area contributed by atoms with Crippen LogP contribution in [0.15, 0.2) is 42.5 Å².